The van der Waals surface area contributed by atoms with Crippen LogP contribution < -0.4 is 5.32 Å². The van der Waals surface area contributed by atoms with Gasteiger partial charge in [0, 0.05) is 12.5 Å². The van der Waals surface area contributed by atoms with E-state index < -0.39 is 28.9 Å². The number of hydrogen-bond donors (Lipinski definition) is 1. The normalized spacial score (nSPS) is 13.5. The SMILES string of the molecule is CC(C)(C)OC(=O)N[C@](C)(Cc1ccccc1)c1nnc(-c2cc(Br)c(F)cc2F)o1. The first kappa shape index (κ1) is 22.9. The van der Waals surface area contributed by atoms with Gasteiger partial charge in [-0.2, -0.15) is 0 Å². The highest BCUT2D eigenvalue weighted by Crippen LogP contribution is 2.31. The van der Waals surface area contributed by atoms with E-state index in [1.807, 2.05) is 30.3 Å². The molecular formula is C22H22BrF2N3O3. The number of carbonyl (C=O) groups is 1. The van der Waals surface area contributed by atoms with Gasteiger partial charge in [0.25, 0.3) is 5.89 Å². The fourth-order valence-corrected chi connectivity index (χ4v) is 3.29. The number of halogens is 3. The molecular weight excluding hydrogens is 472 g/mol. The number of aromatic nitrogens is 2. The second kappa shape index (κ2) is 8.74. The number of ether oxygens (including phenoxy) is 1. The zero-order valence-electron chi connectivity index (χ0n) is 17.5. The molecule has 2 aromatic carbocycles. The Bertz CT molecular complexity index is 1080. The molecule has 0 aliphatic carbocycles. The molecule has 1 amide bonds. The lowest BCUT2D eigenvalue weighted by Gasteiger charge is -2.29. The zero-order valence-corrected chi connectivity index (χ0v) is 19.1. The topological polar surface area (TPSA) is 77.2 Å². The molecule has 1 heterocycles. The van der Waals surface area contributed by atoms with Gasteiger partial charge >= 0.3 is 6.09 Å². The Morgan fingerprint density at radius 3 is 2.42 bits per heavy atom. The van der Waals surface area contributed by atoms with Crippen molar-refractivity contribution in [2.24, 2.45) is 0 Å². The van der Waals surface area contributed by atoms with Crippen LogP contribution >= 0.6 is 15.9 Å². The lowest BCUT2D eigenvalue weighted by Crippen LogP contribution is -2.47. The van der Waals surface area contributed by atoms with E-state index >= 15 is 0 Å². The summed E-state index contributed by atoms with van der Waals surface area (Å²) in [7, 11) is 0. The van der Waals surface area contributed by atoms with Crippen LogP contribution in [0.5, 0.6) is 0 Å². The van der Waals surface area contributed by atoms with E-state index in [1.165, 1.54) is 6.07 Å². The number of nitrogens with zero attached hydrogens (tertiary/aromatic N) is 2. The van der Waals surface area contributed by atoms with E-state index in [1.54, 1.807) is 27.7 Å². The molecule has 1 N–H and O–H groups in total. The highest BCUT2D eigenvalue weighted by Gasteiger charge is 2.37. The number of carbonyl (C=O) groups excluding carboxylic acids is 1. The number of alkyl carbamates (subject to hydrolysis) is 1. The van der Waals surface area contributed by atoms with E-state index in [4.69, 9.17) is 9.15 Å². The van der Waals surface area contributed by atoms with E-state index in [0.29, 0.717) is 6.42 Å². The molecule has 3 rings (SSSR count). The van der Waals surface area contributed by atoms with E-state index in [2.05, 4.69) is 31.4 Å². The Labute approximate surface area is 187 Å². The highest BCUT2D eigenvalue weighted by atomic mass is 79.9. The standard InChI is InChI=1S/C22H22BrF2N3O3/c1-21(2,3)31-20(29)26-22(4,12-13-8-6-5-7-9-13)19-28-27-18(30-19)14-10-15(23)17(25)11-16(14)24/h5-11H,12H2,1-4H3,(H,26,29)/t22-/m1/s1. The lowest BCUT2D eigenvalue weighted by atomic mass is 9.92. The number of rotatable bonds is 5. The largest absolute Gasteiger partial charge is 0.444 e. The monoisotopic (exact) mass is 493 g/mol. The van der Waals surface area contributed by atoms with Crippen LogP contribution in [0.4, 0.5) is 13.6 Å². The van der Waals surface area contributed by atoms with Gasteiger partial charge in [0.05, 0.1) is 10.0 Å². The zero-order chi connectivity index (χ0) is 22.8. The Morgan fingerprint density at radius 2 is 1.77 bits per heavy atom. The minimum atomic E-state index is -1.15. The van der Waals surface area contributed by atoms with Crippen molar-refractivity contribution in [1.82, 2.24) is 15.5 Å². The van der Waals surface area contributed by atoms with Crippen molar-refractivity contribution in [3.05, 3.63) is 70.0 Å². The first-order valence-corrected chi connectivity index (χ1v) is 10.3. The Morgan fingerprint density at radius 1 is 1.10 bits per heavy atom. The Kier molecular flexibility index (Phi) is 6.45. The maximum atomic E-state index is 14.3. The van der Waals surface area contributed by atoms with Crippen LogP contribution in [0, 0.1) is 11.6 Å². The average Bonchev–Trinajstić information content (AvgIpc) is 3.14. The van der Waals surface area contributed by atoms with Gasteiger partial charge in [-0.1, -0.05) is 30.3 Å². The first-order valence-electron chi connectivity index (χ1n) is 9.51. The van der Waals surface area contributed by atoms with Crippen LogP contribution in [0.2, 0.25) is 0 Å². The molecule has 0 radical (unpaired) electrons. The Balaban J connectivity index is 1.98. The van der Waals surface area contributed by atoms with Gasteiger partial charge in [0.1, 0.15) is 22.8 Å². The molecule has 0 fully saturated rings. The lowest BCUT2D eigenvalue weighted by molar-refractivity contribution is 0.0443. The third-order valence-electron chi connectivity index (χ3n) is 4.31. The van der Waals surface area contributed by atoms with Gasteiger partial charge in [-0.05, 0) is 55.3 Å². The minimum Gasteiger partial charge on any atom is -0.444 e. The third-order valence-corrected chi connectivity index (χ3v) is 4.92. The van der Waals surface area contributed by atoms with Crippen LogP contribution in [0.15, 0.2) is 51.4 Å². The molecule has 31 heavy (non-hydrogen) atoms. The molecule has 1 atom stereocenters. The van der Waals surface area contributed by atoms with E-state index in [0.717, 1.165) is 11.6 Å². The molecule has 0 aliphatic heterocycles. The molecule has 0 saturated heterocycles. The molecule has 1 aromatic heterocycles. The summed E-state index contributed by atoms with van der Waals surface area (Å²) in [6.45, 7) is 6.96. The summed E-state index contributed by atoms with van der Waals surface area (Å²) in [4.78, 5) is 12.5. The molecule has 164 valence electrons. The predicted octanol–water partition coefficient (Wildman–Crippen LogP) is 5.76. The summed E-state index contributed by atoms with van der Waals surface area (Å²) in [6, 6.07) is 11.3. The van der Waals surface area contributed by atoms with Crippen molar-refractivity contribution in [3.63, 3.8) is 0 Å². The smallest absolute Gasteiger partial charge is 0.408 e. The van der Waals surface area contributed by atoms with Crippen LogP contribution in [-0.2, 0) is 16.7 Å². The molecule has 0 bridgehead atoms. The highest BCUT2D eigenvalue weighted by molar-refractivity contribution is 9.10. The maximum absolute atomic E-state index is 14.3. The molecule has 3 aromatic rings. The van der Waals surface area contributed by atoms with Crippen molar-refractivity contribution in [2.75, 3.05) is 0 Å². The van der Waals surface area contributed by atoms with Crippen LogP contribution in [-0.4, -0.2) is 21.9 Å². The van der Waals surface area contributed by atoms with Crippen LogP contribution in [0.25, 0.3) is 11.5 Å². The molecule has 0 aliphatic rings. The number of benzene rings is 2. The van der Waals surface area contributed by atoms with Crippen LogP contribution in [0.1, 0.15) is 39.1 Å². The summed E-state index contributed by atoms with van der Waals surface area (Å²) in [6.07, 6.45) is -0.356. The number of amides is 1. The van der Waals surface area contributed by atoms with Gasteiger partial charge in [0.2, 0.25) is 5.89 Å². The van der Waals surface area contributed by atoms with Gasteiger partial charge in [-0.25, -0.2) is 13.6 Å². The summed E-state index contributed by atoms with van der Waals surface area (Å²) >= 11 is 3.02. The van der Waals surface area contributed by atoms with Crippen molar-refractivity contribution in [1.29, 1.82) is 0 Å². The van der Waals surface area contributed by atoms with Crippen LogP contribution in [0.3, 0.4) is 0 Å². The van der Waals surface area contributed by atoms with Gasteiger partial charge in [-0.15, -0.1) is 10.2 Å². The van der Waals surface area contributed by atoms with E-state index in [-0.39, 0.29) is 21.8 Å². The van der Waals surface area contributed by atoms with Crippen molar-refractivity contribution in [2.45, 2.75) is 45.3 Å². The molecule has 0 spiro atoms. The van der Waals surface area contributed by atoms with Crippen molar-refractivity contribution in [3.8, 4) is 11.5 Å². The van der Waals surface area contributed by atoms with E-state index in [9.17, 15) is 13.6 Å². The van der Waals surface area contributed by atoms with Gasteiger partial charge in [-0.3, -0.25) is 0 Å². The second-order valence-corrected chi connectivity index (χ2v) is 9.13. The van der Waals surface area contributed by atoms with Gasteiger partial charge < -0.3 is 14.5 Å². The molecule has 9 heteroatoms. The summed E-state index contributed by atoms with van der Waals surface area (Å²) in [5.74, 6) is -1.68. The fourth-order valence-electron chi connectivity index (χ4n) is 2.95. The summed E-state index contributed by atoms with van der Waals surface area (Å²) in [5.41, 5.74) is -1.02. The number of hydrogen-bond acceptors (Lipinski definition) is 5. The maximum Gasteiger partial charge on any atom is 0.408 e. The second-order valence-electron chi connectivity index (χ2n) is 8.28. The predicted molar refractivity (Wildman–Crippen MR) is 114 cm³/mol. The molecule has 0 saturated carbocycles. The van der Waals surface area contributed by atoms with Crippen molar-refractivity contribution >= 4 is 22.0 Å². The molecule has 6 nitrogen and oxygen atoms in total. The van der Waals surface area contributed by atoms with Crippen molar-refractivity contribution < 1.29 is 22.7 Å². The third kappa shape index (κ3) is 5.66. The number of nitrogens with one attached hydrogen (secondary N) is 1. The quantitative estimate of drug-likeness (QED) is 0.457. The fraction of sp³-hybridized carbons (Fsp3) is 0.318. The Hall–Kier alpha value is -2.81. The summed E-state index contributed by atoms with van der Waals surface area (Å²) < 4.78 is 39.0. The summed E-state index contributed by atoms with van der Waals surface area (Å²) in [5, 5.41) is 10.8. The first-order chi connectivity index (χ1) is 14.5. The van der Waals surface area contributed by atoms with Gasteiger partial charge in [0.15, 0.2) is 0 Å². The average molecular weight is 494 g/mol. The minimum absolute atomic E-state index is 0.0528. The molecule has 0 unspecified atom stereocenters.